The smallest absolute Gasteiger partial charge is 0.186 e. The maximum atomic E-state index is 9.88. The molecular weight excluding hydrogens is 318 g/mol. The molecule has 1 aliphatic heterocycles. The number of aryl methyl sites for hydroxylation is 1. The molecule has 1 aromatic heterocycles. The summed E-state index contributed by atoms with van der Waals surface area (Å²) in [6, 6.07) is 10.2. The molecule has 2 aromatic rings. The zero-order valence-corrected chi connectivity index (χ0v) is 14.7. The van der Waals surface area contributed by atoms with E-state index in [1.807, 2.05) is 30.2 Å². The Labute approximate surface area is 146 Å². The number of allylic oxidation sites excluding steroid dienone is 1. The van der Waals surface area contributed by atoms with Crippen molar-refractivity contribution in [1.29, 1.82) is 5.26 Å². The number of nitrogens with zero attached hydrogens (tertiary/aromatic N) is 3. The molecule has 0 radical (unpaired) electrons. The van der Waals surface area contributed by atoms with Gasteiger partial charge in [-0.15, -0.1) is 11.3 Å². The van der Waals surface area contributed by atoms with Crippen LogP contribution < -0.4 is 4.90 Å². The normalized spacial score (nSPS) is 23.2. The summed E-state index contributed by atoms with van der Waals surface area (Å²) in [5.74, 6) is 0.00799. The van der Waals surface area contributed by atoms with E-state index in [1.54, 1.807) is 11.3 Å². The monoisotopic (exact) mass is 339 g/mol. The number of aliphatic hydroxyl groups excluding tert-OH is 1. The second-order valence-corrected chi connectivity index (χ2v) is 6.98. The molecule has 4 nitrogen and oxygen atoms in total. The van der Waals surface area contributed by atoms with Gasteiger partial charge in [-0.2, -0.15) is 5.26 Å². The third-order valence-corrected chi connectivity index (χ3v) is 5.68. The maximum absolute atomic E-state index is 9.88. The van der Waals surface area contributed by atoms with Gasteiger partial charge >= 0.3 is 0 Å². The van der Waals surface area contributed by atoms with Gasteiger partial charge in [0.1, 0.15) is 6.04 Å². The first kappa shape index (κ1) is 16.7. The van der Waals surface area contributed by atoms with Crippen molar-refractivity contribution in [2.75, 3.05) is 11.5 Å². The predicted molar refractivity (Wildman–Crippen MR) is 98.1 cm³/mol. The van der Waals surface area contributed by atoms with Gasteiger partial charge in [-0.25, -0.2) is 4.98 Å². The molecule has 3 rings (SSSR count). The number of aromatic nitrogens is 1. The fraction of sp³-hybridized carbons (Fsp3) is 0.368. The zero-order valence-electron chi connectivity index (χ0n) is 13.9. The van der Waals surface area contributed by atoms with E-state index in [0.29, 0.717) is 0 Å². The van der Waals surface area contributed by atoms with Crippen molar-refractivity contribution in [3.63, 3.8) is 0 Å². The molecule has 24 heavy (non-hydrogen) atoms. The lowest BCUT2D eigenvalue weighted by molar-refractivity contribution is 0.187. The average molecular weight is 339 g/mol. The number of thiazole rings is 1. The minimum atomic E-state index is -0.287. The molecule has 0 unspecified atom stereocenters. The van der Waals surface area contributed by atoms with Crippen molar-refractivity contribution >= 4 is 22.5 Å². The summed E-state index contributed by atoms with van der Waals surface area (Å²) in [5.41, 5.74) is 2.23. The van der Waals surface area contributed by atoms with Gasteiger partial charge in [0, 0.05) is 17.0 Å². The Morgan fingerprint density at radius 2 is 2.12 bits per heavy atom. The molecule has 1 aromatic carbocycles. The Morgan fingerprint density at radius 1 is 1.38 bits per heavy atom. The van der Waals surface area contributed by atoms with Crippen LogP contribution in [0, 0.1) is 11.3 Å². The molecule has 0 spiro atoms. The van der Waals surface area contributed by atoms with Crippen LogP contribution in [-0.4, -0.2) is 28.8 Å². The summed E-state index contributed by atoms with van der Waals surface area (Å²) in [6.07, 6.45) is 6.84. The Bertz CT molecular complexity index is 760. The summed E-state index contributed by atoms with van der Waals surface area (Å²) >= 11 is 1.60. The molecular formula is C19H21N3OS. The van der Waals surface area contributed by atoms with E-state index in [4.69, 9.17) is 0 Å². The topological polar surface area (TPSA) is 60.2 Å². The second-order valence-electron chi connectivity index (χ2n) is 5.89. The number of nitriles is 1. The van der Waals surface area contributed by atoms with Crippen molar-refractivity contribution in [2.45, 2.75) is 38.3 Å². The van der Waals surface area contributed by atoms with Crippen LogP contribution in [-0.2, 0) is 6.42 Å². The minimum absolute atomic E-state index is 0.00799. The van der Waals surface area contributed by atoms with Gasteiger partial charge in [0.25, 0.3) is 0 Å². The van der Waals surface area contributed by atoms with Gasteiger partial charge in [0.05, 0.1) is 18.7 Å². The Hall–Kier alpha value is -2.16. The lowest BCUT2D eigenvalue weighted by atomic mass is 9.76. The number of hydrogen-bond donors (Lipinski definition) is 1. The van der Waals surface area contributed by atoms with Crippen molar-refractivity contribution < 1.29 is 5.11 Å². The standard InChI is InChI=1S/C19H21N3OS/c1-3-5-13-6-8-14(9-7-13)18-16(10-20)22(17(18)12-23)19-21-11-15(4-2)24-19/h3,5-9,11,16-18,23H,4,12H2,1-2H3/b5-3+/t16-,17-,18+/m0/s1. The average Bonchev–Trinajstić information content (AvgIpc) is 3.05. The predicted octanol–water partition coefficient (Wildman–Crippen LogP) is 3.60. The quantitative estimate of drug-likeness (QED) is 0.904. The number of benzene rings is 1. The Balaban J connectivity index is 1.87. The largest absolute Gasteiger partial charge is 0.394 e. The molecule has 2 heterocycles. The Kier molecular flexibility index (Phi) is 4.98. The highest BCUT2D eigenvalue weighted by Crippen LogP contribution is 2.44. The Morgan fingerprint density at radius 3 is 2.67 bits per heavy atom. The van der Waals surface area contributed by atoms with Gasteiger partial charge in [0.2, 0.25) is 0 Å². The van der Waals surface area contributed by atoms with E-state index in [-0.39, 0.29) is 24.6 Å². The van der Waals surface area contributed by atoms with Gasteiger partial charge in [-0.05, 0) is 24.5 Å². The number of anilines is 1. The lowest BCUT2D eigenvalue weighted by Crippen LogP contribution is -2.63. The van der Waals surface area contributed by atoms with Crippen LogP contribution >= 0.6 is 11.3 Å². The third-order valence-electron chi connectivity index (χ3n) is 4.52. The van der Waals surface area contributed by atoms with Crippen molar-refractivity contribution in [3.05, 3.63) is 52.5 Å². The van der Waals surface area contributed by atoms with Gasteiger partial charge in [0.15, 0.2) is 5.13 Å². The van der Waals surface area contributed by atoms with Crippen LogP contribution in [0.4, 0.5) is 5.13 Å². The zero-order chi connectivity index (χ0) is 17.1. The molecule has 1 saturated heterocycles. The summed E-state index contributed by atoms with van der Waals surface area (Å²) in [6.45, 7) is 4.10. The molecule has 0 bridgehead atoms. The van der Waals surface area contributed by atoms with E-state index in [2.05, 4.69) is 42.2 Å². The van der Waals surface area contributed by atoms with Crippen LogP contribution in [0.1, 0.15) is 35.8 Å². The first-order valence-corrected chi connectivity index (χ1v) is 9.01. The first-order valence-electron chi connectivity index (χ1n) is 8.19. The molecule has 1 fully saturated rings. The molecule has 1 aliphatic rings. The number of rotatable bonds is 5. The summed E-state index contributed by atoms with van der Waals surface area (Å²) in [7, 11) is 0. The highest BCUT2D eigenvalue weighted by molar-refractivity contribution is 7.15. The highest BCUT2D eigenvalue weighted by Gasteiger charge is 2.50. The lowest BCUT2D eigenvalue weighted by Gasteiger charge is -2.51. The van der Waals surface area contributed by atoms with Crippen molar-refractivity contribution in [1.82, 2.24) is 4.98 Å². The summed E-state index contributed by atoms with van der Waals surface area (Å²) in [4.78, 5) is 7.60. The molecule has 1 N–H and O–H groups in total. The van der Waals surface area contributed by atoms with Crippen molar-refractivity contribution in [2.24, 2.45) is 0 Å². The summed E-state index contributed by atoms with van der Waals surface area (Å²) in [5, 5.41) is 20.4. The van der Waals surface area contributed by atoms with Gasteiger partial charge < -0.3 is 10.0 Å². The van der Waals surface area contributed by atoms with Crippen LogP contribution in [0.25, 0.3) is 6.08 Å². The van der Waals surface area contributed by atoms with Gasteiger partial charge in [-0.3, -0.25) is 0 Å². The van der Waals surface area contributed by atoms with E-state index in [0.717, 1.165) is 22.7 Å². The van der Waals surface area contributed by atoms with E-state index < -0.39 is 0 Å². The SMILES string of the molecule is C/C=C/c1ccc([C@@H]2[C@H](C#N)N(c3ncc(CC)s3)[C@H]2CO)cc1. The van der Waals surface area contributed by atoms with Crippen LogP contribution in [0.2, 0.25) is 0 Å². The first-order chi connectivity index (χ1) is 11.7. The van der Waals surface area contributed by atoms with Gasteiger partial charge in [-0.1, -0.05) is 43.3 Å². The number of hydrogen-bond acceptors (Lipinski definition) is 5. The van der Waals surface area contributed by atoms with Crippen LogP contribution in [0.3, 0.4) is 0 Å². The minimum Gasteiger partial charge on any atom is -0.394 e. The molecule has 5 heteroatoms. The van der Waals surface area contributed by atoms with Crippen LogP contribution in [0.5, 0.6) is 0 Å². The third kappa shape index (κ3) is 2.83. The number of aliphatic hydroxyl groups is 1. The van der Waals surface area contributed by atoms with Crippen LogP contribution in [0.15, 0.2) is 36.5 Å². The van der Waals surface area contributed by atoms with Crippen molar-refractivity contribution in [3.8, 4) is 6.07 Å². The van der Waals surface area contributed by atoms with E-state index >= 15 is 0 Å². The molecule has 124 valence electrons. The molecule has 3 atom stereocenters. The molecule has 0 aliphatic carbocycles. The molecule has 0 amide bonds. The maximum Gasteiger partial charge on any atom is 0.186 e. The van der Waals surface area contributed by atoms with E-state index in [9.17, 15) is 10.4 Å². The van der Waals surface area contributed by atoms with E-state index in [1.165, 1.54) is 4.88 Å². The highest BCUT2D eigenvalue weighted by atomic mass is 32.1. The fourth-order valence-corrected chi connectivity index (χ4v) is 4.22. The fourth-order valence-electron chi connectivity index (χ4n) is 3.27. The molecule has 0 saturated carbocycles. The summed E-state index contributed by atoms with van der Waals surface area (Å²) < 4.78 is 0. The second kappa shape index (κ2) is 7.16.